The summed E-state index contributed by atoms with van der Waals surface area (Å²) in [6.07, 6.45) is 1.26. The SMILES string of the molecule is Cc1ccc([C@H]2CN(S(C)(=O)=O)C[C@@H]2N(C)C)o1. The summed E-state index contributed by atoms with van der Waals surface area (Å²) >= 11 is 0. The van der Waals surface area contributed by atoms with E-state index in [0.29, 0.717) is 13.1 Å². The van der Waals surface area contributed by atoms with Crippen LogP contribution in [0.5, 0.6) is 0 Å². The summed E-state index contributed by atoms with van der Waals surface area (Å²) in [5.74, 6) is 1.83. The van der Waals surface area contributed by atoms with Gasteiger partial charge in [-0.3, -0.25) is 0 Å². The van der Waals surface area contributed by atoms with Crippen LogP contribution in [0.4, 0.5) is 0 Å². The summed E-state index contributed by atoms with van der Waals surface area (Å²) in [4.78, 5) is 2.06. The van der Waals surface area contributed by atoms with Crippen LogP contribution >= 0.6 is 0 Å². The predicted octanol–water partition coefficient (Wildman–Crippen LogP) is 0.877. The molecule has 1 aliphatic heterocycles. The molecule has 1 saturated heterocycles. The topological polar surface area (TPSA) is 53.8 Å². The van der Waals surface area contributed by atoms with Crippen LogP contribution in [-0.2, 0) is 10.0 Å². The Kier molecular flexibility index (Phi) is 3.53. The van der Waals surface area contributed by atoms with E-state index in [4.69, 9.17) is 4.42 Å². The number of furan rings is 1. The van der Waals surface area contributed by atoms with E-state index in [1.807, 2.05) is 33.2 Å². The van der Waals surface area contributed by atoms with E-state index in [2.05, 4.69) is 4.90 Å². The second kappa shape index (κ2) is 4.68. The van der Waals surface area contributed by atoms with Gasteiger partial charge in [-0.2, -0.15) is 4.31 Å². The van der Waals surface area contributed by atoms with Crippen molar-refractivity contribution in [3.8, 4) is 0 Å². The molecule has 6 heteroatoms. The highest BCUT2D eigenvalue weighted by Gasteiger charge is 2.40. The van der Waals surface area contributed by atoms with Gasteiger partial charge in [0.15, 0.2) is 0 Å². The molecule has 1 aliphatic rings. The van der Waals surface area contributed by atoms with Crippen LogP contribution in [0.15, 0.2) is 16.5 Å². The molecular formula is C12H20N2O3S. The number of sulfonamides is 1. The van der Waals surface area contributed by atoms with Crippen molar-refractivity contribution in [1.29, 1.82) is 0 Å². The first-order valence-corrected chi connectivity index (χ1v) is 7.81. The summed E-state index contributed by atoms with van der Waals surface area (Å²) < 4.78 is 30.5. The molecule has 2 atom stereocenters. The van der Waals surface area contributed by atoms with Crippen molar-refractivity contribution in [2.24, 2.45) is 0 Å². The van der Waals surface area contributed by atoms with Gasteiger partial charge in [-0.15, -0.1) is 0 Å². The van der Waals surface area contributed by atoms with Crippen molar-refractivity contribution in [3.05, 3.63) is 23.7 Å². The van der Waals surface area contributed by atoms with Crippen LogP contribution in [-0.4, -0.2) is 57.1 Å². The molecule has 18 heavy (non-hydrogen) atoms. The second-order valence-electron chi connectivity index (χ2n) is 5.17. The molecule has 5 nitrogen and oxygen atoms in total. The molecule has 0 unspecified atom stereocenters. The average molecular weight is 272 g/mol. The Balaban J connectivity index is 2.28. The van der Waals surface area contributed by atoms with Crippen LogP contribution < -0.4 is 0 Å². The lowest BCUT2D eigenvalue weighted by Gasteiger charge is -2.23. The minimum atomic E-state index is -3.14. The van der Waals surface area contributed by atoms with E-state index in [1.54, 1.807) is 0 Å². The standard InChI is InChI=1S/C12H20N2O3S/c1-9-5-6-12(17-9)10-7-14(18(4,15)16)8-11(10)13(2)3/h5-6,10-11H,7-8H2,1-4H3/t10-,11-/m0/s1. The van der Waals surface area contributed by atoms with E-state index in [-0.39, 0.29) is 12.0 Å². The Bertz CT molecular complexity index is 521. The minimum Gasteiger partial charge on any atom is -0.466 e. The fraction of sp³-hybridized carbons (Fsp3) is 0.667. The molecule has 1 aromatic heterocycles. The highest BCUT2D eigenvalue weighted by molar-refractivity contribution is 7.88. The summed E-state index contributed by atoms with van der Waals surface area (Å²) in [5.41, 5.74) is 0. The third-order valence-electron chi connectivity index (χ3n) is 3.51. The molecule has 0 bridgehead atoms. The molecule has 2 rings (SSSR count). The number of aryl methyl sites for hydroxylation is 1. The van der Waals surface area contributed by atoms with Gasteiger partial charge in [0.05, 0.1) is 6.26 Å². The summed E-state index contributed by atoms with van der Waals surface area (Å²) in [7, 11) is 0.805. The third kappa shape index (κ3) is 2.60. The lowest BCUT2D eigenvalue weighted by Crippen LogP contribution is -2.35. The van der Waals surface area contributed by atoms with Crippen LogP contribution in [0.1, 0.15) is 17.4 Å². The Morgan fingerprint density at radius 1 is 1.33 bits per heavy atom. The van der Waals surface area contributed by atoms with Gasteiger partial charge in [0.2, 0.25) is 10.0 Å². The molecule has 1 aromatic rings. The van der Waals surface area contributed by atoms with E-state index >= 15 is 0 Å². The first-order chi connectivity index (χ1) is 8.29. The Morgan fingerprint density at radius 2 is 2.00 bits per heavy atom. The van der Waals surface area contributed by atoms with Crippen LogP contribution in [0.25, 0.3) is 0 Å². The number of rotatable bonds is 3. The second-order valence-corrected chi connectivity index (χ2v) is 7.15. The normalized spacial score (nSPS) is 26.1. The fourth-order valence-corrected chi connectivity index (χ4v) is 3.33. The molecule has 2 heterocycles. The quantitative estimate of drug-likeness (QED) is 0.819. The summed E-state index contributed by atoms with van der Waals surface area (Å²) in [6, 6.07) is 4.03. The number of nitrogens with zero attached hydrogens (tertiary/aromatic N) is 2. The van der Waals surface area contributed by atoms with E-state index < -0.39 is 10.0 Å². The molecule has 0 spiro atoms. The van der Waals surface area contributed by atoms with Crippen molar-refractivity contribution >= 4 is 10.0 Å². The lowest BCUT2D eigenvalue weighted by molar-refractivity contribution is 0.269. The van der Waals surface area contributed by atoms with Crippen LogP contribution in [0.2, 0.25) is 0 Å². The lowest BCUT2D eigenvalue weighted by atomic mass is 10.0. The first kappa shape index (κ1) is 13.6. The first-order valence-electron chi connectivity index (χ1n) is 5.97. The van der Waals surface area contributed by atoms with E-state index in [1.165, 1.54) is 10.6 Å². The zero-order valence-corrected chi connectivity index (χ0v) is 12.1. The van der Waals surface area contributed by atoms with E-state index in [9.17, 15) is 8.42 Å². The van der Waals surface area contributed by atoms with Crippen molar-refractivity contribution in [2.75, 3.05) is 33.4 Å². The molecule has 0 amide bonds. The number of hydrogen-bond donors (Lipinski definition) is 0. The maximum atomic E-state index is 11.7. The third-order valence-corrected chi connectivity index (χ3v) is 4.75. The minimum absolute atomic E-state index is 0.100. The van der Waals surface area contributed by atoms with Gasteiger partial charge < -0.3 is 9.32 Å². The van der Waals surface area contributed by atoms with Crippen molar-refractivity contribution in [2.45, 2.75) is 18.9 Å². The van der Waals surface area contributed by atoms with Crippen LogP contribution in [0, 0.1) is 6.92 Å². The number of hydrogen-bond acceptors (Lipinski definition) is 4. The summed E-state index contributed by atoms with van der Waals surface area (Å²) in [6.45, 7) is 2.92. The fourth-order valence-electron chi connectivity index (χ4n) is 2.48. The molecule has 102 valence electrons. The average Bonchev–Trinajstić information content (AvgIpc) is 2.81. The maximum Gasteiger partial charge on any atom is 0.211 e. The van der Waals surface area contributed by atoms with Crippen molar-refractivity contribution in [3.63, 3.8) is 0 Å². The molecular weight excluding hydrogens is 252 g/mol. The van der Waals surface area contributed by atoms with Gasteiger partial charge >= 0.3 is 0 Å². The van der Waals surface area contributed by atoms with Gasteiger partial charge in [-0.25, -0.2) is 8.42 Å². The maximum absolute atomic E-state index is 11.7. The van der Waals surface area contributed by atoms with E-state index in [0.717, 1.165) is 11.5 Å². The van der Waals surface area contributed by atoms with Crippen LogP contribution in [0.3, 0.4) is 0 Å². The Labute approximate surface area is 108 Å². The highest BCUT2D eigenvalue weighted by atomic mass is 32.2. The van der Waals surface area contributed by atoms with Gasteiger partial charge in [-0.05, 0) is 33.2 Å². The molecule has 0 N–H and O–H groups in total. The van der Waals surface area contributed by atoms with Gasteiger partial charge in [-0.1, -0.05) is 0 Å². The predicted molar refractivity (Wildman–Crippen MR) is 70.1 cm³/mol. The molecule has 0 radical (unpaired) electrons. The number of likely N-dealkylation sites (N-methyl/N-ethyl adjacent to an activating group) is 1. The molecule has 1 fully saturated rings. The zero-order chi connectivity index (χ0) is 13.5. The van der Waals surface area contributed by atoms with Crippen molar-refractivity contribution < 1.29 is 12.8 Å². The van der Waals surface area contributed by atoms with Crippen molar-refractivity contribution in [1.82, 2.24) is 9.21 Å². The highest BCUT2D eigenvalue weighted by Crippen LogP contribution is 2.32. The van der Waals surface area contributed by atoms with Gasteiger partial charge in [0.1, 0.15) is 11.5 Å². The molecule has 0 aliphatic carbocycles. The summed E-state index contributed by atoms with van der Waals surface area (Å²) in [5, 5.41) is 0. The Morgan fingerprint density at radius 3 is 2.44 bits per heavy atom. The Hall–Kier alpha value is -0.850. The molecule has 0 aromatic carbocycles. The zero-order valence-electron chi connectivity index (χ0n) is 11.3. The van der Waals surface area contributed by atoms with Gasteiger partial charge in [0.25, 0.3) is 0 Å². The molecule has 0 saturated carbocycles. The van der Waals surface area contributed by atoms with Gasteiger partial charge in [0, 0.05) is 25.0 Å². The monoisotopic (exact) mass is 272 g/mol. The smallest absolute Gasteiger partial charge is 0.211 e. The largest absolute Gasteiger partial charge is 0.466 e.